The standard InChI is InChI=1S/C23H25F4N7O/c1-12-28-22(35-32-12)33-10-14-4-5-15(11-33)19(14)29-21-30-20-16(3-2-8-34(20)31-21)13-6-7-18(24)17(9-13)23(25,26)27/h6-7,9,14-16,19H,2-5,8,10-11H2,1H3,(H,29,31)/t14-,15+,16?,19-. The van der Waals surface area contributed by atoms with Crippen molar-refractivity contribution in [1.82, 2.24) is 24.9 Å². The second kappa shape index (κ2) is 8.20. The van der Waals surface area contributed by atoms with Crippen LogP contribution < -0.4 is 10.2 Å². The van der Waals surface area contributed by atoms with E-state index in [4.69, 9.17) is 9.51 Å². The lowest BCUT2D eigenvalue weighted by atomic mass is 9.90. The predicted octanol–water partition coefficient (Wildman–Crippen LogP) is 4.38. The number of nitrogens with zero attached hydrogens (tertiary/aromatic N) is 6. The van der Waals surface area contributed by atoms with Gasteiger partial charge >= 0.3 is 12.2 Å². The van der Waals surface area contributed by atoms with Gasteiger partial charge in [0.1, 0.15) is 11.6 Å². The largest absolute Gasteiger partial charge is 0.419 e. The number of aryl methyl sites for hydroxylation is 2. The second-order valence-corrected chi connectivity index (χ2v) is 9.75. The summed E-state index contributed by atoms with van der Waals surface area (Å²) >= 11 is 0. The number of piperidine rings is 1. The number of halogens is 4. The molecule has 35 heavy (non-hydrogen) atoms. The summed E-state index contributed by atoms with van der Waals surface area (Å²) in [6.07, 6.45) is -1.22. The number of nitrogens with one attached hydrogen (secondary N) is 1. The molecule has 1 saturated carbocycles. The minimum atomic E-state index is -4.75. The van der Waals surface area contributed by atoms with Crippen LogP contribution in [0.15, 0.2) is 22.7 Å². The van der Waals surface area contributed by atoms with Crippen molar-refractivity contribution in [2.24, 2.45) is 11.8 Å². The van der Waals surface area contributed by atoms with Gasteiger partial charge in [-0.25, -0.2) is 9.07 Å². The third-order valence-corrected chi connectivity index (χ3v) is 7.49. The lowest BCUT2D eigenvalue weighted by molar-refractivity contribution is -0.140. The van der Waals surface area contributed by atoms with Crippen molar-refractivity contribution in [2.75, 3.05) is 23.3 Å². The summed E-state index contributed by atoms with van der Waals surface area (Å²) in [7, 11) is 0. The van der Waals surface area contributed by atoms with Crippen molar-refractivity contribution in [3.8, 4) is 0 Å². The molecule has 1 unspecified atom stereocenters. The van der Waals surface area contributed by atoms with Crippen molar-refractivity contribution in [3.05, 3.63) is 46.8 Å². The predicted molar refractivity (Wildman–Crippen MR) is 117 cm³/mol. The smallest absolute Gasteiger partial charge is 0.350 e. The summed E-state index contributed by atoms with van der Waals surface area (Å²) < 4.78 is 60.8. The first kappa shape index (κ1) is 22.3. The molecule has 0 radical (unpaired) electrons. The molecule has 3 aromatic rings. The molecule has 1 aromatic carbocycles. The molecule has 4 heterocycles. The molecule has 4 atom stereocenters. The molecule has 6 rings (SSSR count). The zero-order chi connectivity index (χ0) is 24.3. The van der Waals surface area contributed by atoms with Crippen LogP contribution >= 0.6 is 0 Å². The summed E-state index contributed by atoms with van der Waals surface area (Å²) in [6.45, 7) is 4.03. The summed E-state index contributed by atoms with van der Waals surface area (Å²) in [5.41, 5.74) is -0.841. The number of rotatable bonds is 4. The Balaban J connectivity index is 1.22. The Bertz CT molecular complexity index is 1220. The molecule has 186 valence electrons. The molecule has 2 aromatic heterocycles. The number of anilines is 2. The monoisotopic (exact) mass is 491 g/mol. The molecule has 2 bridgehead atoms. The maximum atomic E-state index is 13.8. The van der Waals surface area contributed by atoms with E-state index in [0.29, 0.717) is 54.0 Å². The first-order chi connectivity index (χ1) is 16.8. The van der Waals surface area contributed by atoms with E-state index in [9.17, 15) is 17.6 Å². The Kier molecular flexibility index (Phi) is 5.22. The van der Waals surface area contributed by atoms with E-state index < -0.39 is 17.6 Å². The summed E-state index contributed by atoms with van der Waals surface area (Å²) in [5, 5.41) is 12.0. The van der Waals surface area contributed by atoms with Crippen LogP contribution in [0.2, 0.25) is 0 Å². The molecule has 0 amide bonds. The zero-order valence-corrected chi connectivity index (χ0v) is 19.1. The van der Waals surface area contributed by atoms with Gasteiger partial charge in [0.05, 0.1) is 5.56 Å². The van der Waals surface area contributed by atoms with Gasteiger partial charge in [0.2, 0.25) is 5.95 Å². The molecule has 1 saturated heterocycles. The maximum absolute atomic E-state index is 13.8. The Morgan fingerprint density at radius 3 is 2.54 bits per heavy atom. The van der Waals surface area contributed by atoms with E-state index >= 15 is 0 Å². The normalized spacial score (nSPS) is 26.1. The second-order valence-electron chi connectivity index (χ2n) is 9.75. The highest BCUT2D eigenvalue weighted by molar-refractivity contribution is 5.37. The number of hydrogen-bond acceptors (Lipinski definition) is 7. The van der Waals surface area contributed by atoms with Gasteiger partial charge in [-0.05, 0) is 62.1 Å². The van der Waals surface area contributed by atoms with Crippen LogP contribution in [0.4, 0.5) is 29.5 Å². The molecule has 3 aliphatic rings. The van der Waals surface area contributed by atoms with Gasteiger partial charge in [-0.1, -0.05) is 11.2 Å². The van der Waals surface area contributed by atoms with Crippen LogP contribution in [0.5, 0.6) is 0 Å². The summed E-state index contributed by atoms with van der Waals surface area (Å²) in [6, 6.07) is 3.96. The van der Waals surface area contributed by atoms with Crippen LogP contribution in [0.25, 0.3) is 0 Å². The minimum absolute atomic E-state index is 0.195. The molecule has 2 fully saturated rings. The zero-order valence-electron chi connectivity index (χ0n) is 19.1. The Morgan fingerprint density at radius 1 is 1.09 bits per heavy atom. The van der Waals surface area contributed by atoms with Crippen LogP contribution in [0.1, 0.15) is 54.4 Å². The fourth-order valence-corrected chi connectivity index (χ4v) is 5.88. The fourth-order valence-electron chi connectivity index (χ4n) is 5.88. The van der Waals surface area contributed by atoms with Crippen molar-refractivity contribution in [2.45, 2.75) is 57.3 Å². The molecule has 1 aliphatic carbocycles. The number of alkyl halides is 3. The highest BCUT2D eigenvalue weighted by Crippen LogP contribution is 2.41. The van der Waals surface area contributed by atoms with E-state index in [1.807, 2.05) is 0 Å². The van der Waals surface area contributed by atoms with Gasteiger partial charge in [0.15, 0.2) is 5.82 Å². The lowest BCUT2D eigenvalue weighted by Crippen LogP contribution is -2.48. The first-order valence-electron chi connectivity index (χ1n) is 11.9. The van der Waals surface area contributed by atoms with Crippen LogP contribution in [-0.4, -0.2) is 44.0 Å². The SMILES string of the molecule is Cc1noc(N2C[C@H]3CC[C@@H](C2)[C@@H]3Nc2nc3n(n2)CCCC3c2ccc(F)c(C(F)(F)F)c2)n1. The number of hydrogen-bond donors (Lipinski definition) is 1. The molecule has 0 spiro atoms. The highest BCUT2D eigenvalue weighted by atomic mass is 19.4. The number of benzene rings is 1. The van der Waals surface area contributed by atoms with Gasteiger partial charge in [-0.15, -0.1) is 5.10 Å². The average Bonchev–Trinajstić information content (AvgIpc) is 3.48. The Labute approximate surface area is 198 Å². The van der Waals surface area contributed by atoms with E-state index in [2.05, 4.69) is 25.5 Å². The Morgan fingerprint density at radius 2 is 1.86 bits per heavy atom. The summed E-state index contributed by atoms with van der Waals surface area (Å²) in [5.74, 6) is 0.816. The Hall–Kier alpha value is -3.18. The summed E-state index contributed by atoms with van der Waals surface area (Å²) in [4.78, 5) is 11.2. The van der Waals surface area contributed by atoms with Gasteiger partial charge in [-0.3, -0.25) is 0 Å². The highest BCUT2D eigenvalue weighted by Gasteiger charge is 2.44. The van der Waals surface area contributed by atoms with Crippen LogP contribution in [-0.2, 0) is 12.7 Å². The quantitative estimate of drug-likeness (QED) is 0.542. The van der Waals surface area contributed by atoms with Gasteiger partial charge < -0.3 is 14.7 Å². The molecule has 12 heteroatoms. The van der Waals surface area contributed by atoms with Crippen molar-refractivity contribution < 1.29 is 22.1 Å². The molecule has 2 aliphatic heterocycles. The lowest BCUT2D eigenvalue weighted by Gasteiger charge is -2.37. The third kappa shape index (κ3) is 4.02. The molecule has 8 nitrogen and oxygen atoms in total. The average molecular weight is 491 g/mol. The maximum Gasteiger partial charge on any atom is 0.419 e. The van der Waals surface area contributed by atoms with Crippen LogP contribution in [0.3, 0.4) is 0 Å². The van der Waals surface area contributed by atoms with Gasteiger partial charge in [0.25, 0.3) is 0 Å². The third-order valence-electron chi connectivity index (χ3n) is 7.49. The minimum Gasteiger partial charge on any atom is -0.350 e. The van der Waals surface area contributed by atoms with Gasteiger partial charge in [0, 0.05) is 31.6 Å². The molecular formula is C23H25F4N7O. The van der Waals surface area contributed by atoms with Crippen molar-refractivity contribution >= 4 is 12.0 Å². The number of fused-ring (bicyclic) bond motifs is 3. The van der Waals surface area contributed by atoms with E-state index in [-0.39, 0.29) is 12.0 Å². The van der Waals surface area contributed by atoms with E-state index in [1.54, 1.807) is 11.6 Å². The fraction of sp³-hybridized carbons (Fsp3) is 0.565. The van der Waals surface area contributed by atoms with E-state index in [0.717, 1.165) is 44.5 Å². The van der Waals surface area contributed by atoms with E-state index in [1.165, 1.54) is 6.07 Å². The number of aromatic nitrogens is 5. The molecule has 1 N–H and O–H groups in total. The topological polar surface area (TPSA) is 84.9 Å². The van der Waals surface area contributed by atoms with Crippen molar-refractivity contribution in [1.29, 1.82) is 0 Å². The van der Waals surface area contributed by atoms with Crippen LogP contribution in [0, 0.1) is 24.6 Å². The van der Waals surface area contributed by atoms with Gasteiger partial charge in [-0.2, -0.15) is 23.1 Å². The van der Waals surface area contributed by atoms with Crippen molar-refractivity contribution in [3.63, 3.8) is 0 Å². The first-order valence-corrected chi connectivity index (χ1v) is 11.9. The molecular weight excluding hydrogens is 466 g/mol.